The quantitative estimate of drug-likeness (QED) is 0.670. The smallest absolute Gasteiger partial charge is 0.188 e. The molecule has 0 aliphatic carbocycles. The van der Waals surface area contributed by atoms with Gasteiger partial charge < -0.3 is 4.74 Å². The van der Waals surface area contributed by atoms with Gasteiger partial charge in [0.15, 0.2) is 5.78 Å². The summed E-state index contributed by atoms with van der Waals surface area (Å²) >= 11 is 0. The highest BCUT2D eigenvalue weighted by Gasteiger charge is 2.08. The molecule has 1 rings (SSSR count). The van der Waals surface area contributed by atoms with Crippen molar-refractivity contribution in [1.82, 2.24) is 0 Å². The van der Waals surface area contributed by atoms with Gasteiger partial charge >= 0.3 is 0 Å². The molecule has 0 aromatic heterocycles. The fourth-order valence-electron chi connectivity index (χ4n) is 1.37. The molecule has 2 nitrogen and oxygen atoms in total. The second-order valence-corrected chi connectivity index (χ2v) is 3.07. The van der Waals surface area contributed by atoms with Crippen LogP contribution in [0.5, 0.6) is 0 Å². The molecule has 14 heavy (non-hydrogen) atoms. The summed E-state index contributed by atoms with van der Waals surface area (Å²) < 4.78 is 5.10. The lowest BCUT2D eigenvalue weighted by Crippen LogP contribution is -2.11. The molecule has 1 aromatic carbocycles. The lowest BCUT2D eigenvalue weighted by molar-refractivity contribution is 0.0782. The molecule has 1 aromatic rings. The molecule has 0 aliphatic heterocycles. The van der Waals surface area contributed by atoms with Crippen LogP contribution in [0.1, 0.15) is 29.8 Å². The Kier molecular flexibility index (Phi) is 4.33. The van der Waals surface area contributed by atoms with Crippen molar-refractivity contribution < 1.29 is 9.53 Å². The molecule has 0 heterocycles. The van der Waals surface area contributed by atoms with Gasteiger partial charge in [0.2, 0.25) is 0 Å². The first kappa shape index (κ1) is 10.9. The summed E-state index contributed by atoms with van der Waals surface area (Å²) in [4.78, 5) is 11.7. The summed E-state index contributed by atoms with van der Waals surface area (Å²) in [6, 6.07) is 7.69. The second kappa shape index (κ2) is 5.55. The van der Waals surface area contributed by atoms with Gasteiger partial charge in [0.1, 0.15) is 6.61 Å². The third-order valence-electron chi connectivity index (χ3n) is 2.14. The van der Waals surface area contributed by atoms with Gasteiger partial charge in [0.05, 0.1) is 0 Å². The first-order valence-electron chi connectivity index (χ1n) is 4.98. The molecule has 0 radical (unpaired) electrons. The van der Waals surface area contributed by atoms with E-state index in [0.29, 0.717) is 6.61 Å². The Morgan fingerprint density at radius 3 is 2.64 bits per heavy atom. The van der Waals surface area contributed by atoms with Crippen molar-refractivity contribution in [2.45, 2.75) is 20.3 Å². The maximum absolute atomic E-state index is 11.7. The number of rotatable bonds is 5. The largest absolute Gasteiger partial charge is 0.374 e. The molecule has 0 aliphatic rings. The Morgan fingerprint density at radius 2 is 2.00 bits per heavy atom. The standard InChI is InChI=1S/C12H16O2/c1-3-10-7-5-6-8-11(10)12(13)9-14-4-2/h5-8H,3-4,9H2,1-2H3. The van der Waals surface area contributed by atoms with Gasteiger partial charge in [0.25, 0.3) is 0 Å². The molecule has 0 fully saturated rings. The number of hydrogen-bond donors (Lipinski definition) is 0. The number of carbonyl (C=O) groups excluding carboxylic acids is 1. The highest BCUT2D eigenvalue weighted by atomic mass is 16.5. The summed E-state index contributed by atoms with van der Waals surface area (Å²) in [6.45, 7) is 4.71. The van der Waals surface area contributed by atoms with Gasteiger partial charge in [-0.1, -0.05) is 31.2 Å². The number of hydrogen-bond acceptors (Lipinski definition) is 2. The molecular weight excluding hydrogens is 176 g/mol. The summed E-state index contributed by atoms with van der Waals surface area (Å²) in [7, 11) is 0. The highest BCUT2D eigenvalue weighted by Crippen LogP contribution is 2.10. The van der Waals surface area contributed by atoms with Gasteiger partial charge in [-0.25, -0.2) is 0 Å². The number of ether oxygens (including phenoxy) is 1. The van der Waals surface area contributed by atoms with Crippen molar-refractivity contribution in [2.75, 3.05) is 13.2 Å². The predicted molar refractivity (Wildman–Crippen MR) is 56.6 cm³/mol. The fourth-order valence-corrected chi connectivity index (χ4v) is 1.37. The van der Waals surface area contributed by atoms with Crippen LogP contribution in [0.3, 0.4) is 0 Å². The SMILES string of the molecule is CCOCC(=O)c1ccccc1CC. The fraction of sp³-hybridized carbons (Fsp3) is 0.417. The number of ketones is 1. The lowest BCUT2D eigenvalue weighted by atomic mass is 10.0. The van der Waals surface area contributed by atoms with E-state index in [2.05, 4.69) is 0 Å². The van der Waals surface area contributed by atoms with Crippen molar-refractivity contribution in [1.29, 1.82) is 0 Å². The van der Waals surface area contributed by atoms with Crippen molar-refractivity contribution in [2.24, 2.45) is 0 Å². The molecule has 0 saturated carbocycles. The Morgan fingerprint density at radius 1 is 1.29 bits per heavy atom. The van der Waals surface area contributed by atoms with Gasteiger partial charge in [-0.3, -0.25) is 4.79 Å². The topological polar surface area (TPSA) is 26.3 Å². The average Bonchev–Trinajstić information content (AvgIpc) is 2.25. The molecule has 0 amide bonds. The van der Waals surface area contributed by atoms with Gasteiger partial charge in [0, 0.05) is 12.2 Å². The van der Waals surface area contributed by atoms with E-state index in [1.807, 2.05) is 38.1 Å². The highest BCUT2D eigenvalue weighted by molar-refractivity contribution is 5.98. The van der Waals surface area contributed by atoms with Gasteiger partial charge in [-0.2, -0.15) is 0 Å². The zero-order valence-electron chi connectivity index (χ0n) is 8.75. The predicted octanol–water partition coefficient (Wildman–Crippen LogP) is 2.47. The monoisotopic (exact) mass is 192 g/mol. The van der Waals surface area contributed by atoms with E-state index in [0.717, 1.165) is 17.5 Å². The van der Waals surface area contributed by atoms with Crippen molar-refractivity contribution in [3.05, 3.63) is 35.4 Å². The number of aryl methyl sites for hydroxylation is 1. The van der Waals surface area contributed by atoms with Crippen molar-refractivity contribution >= 4 is 5.78 Å². The van der Waals surface area contributed by atoms with E-state index in [1.165, 1.54) is 0 Å². The number of Topliss-reactive ketones (excluding diaryl/α,β-unsaturated/α-hetero) is 1. The molecule has 0 N–H and O–H groups in total. The molecular formula is C12H16O2. The summed E-state index contributed by atoms with van der Waals surface area (Å²) in [6.07, 6.45) is 0.883. The van der Waals surface area contributed by atoms with E-state index in [4.69, 9.17) is 4.74 Å². The molecule has 0 saturated heterocycles. The minimum absolute atomic E-state index is 0.0734. The van der Waals surface area contributed by atoms with E-state index < -0.39 is 0 Å². The van der Waals surface area contributed by atoms with Crippen molar-refractivity contribution in [3.8, 4) is 0 Å². The Balaban J connectivity index is 2.78. The van der Waals surface area contributed by atoms with E-state index in [-0.39, 0.29) is 12.4 Å². The third kappa shape index (κ3) is 2.67. The summed E-state index contributed by atoms with van der Waals surface area (Å²) in [5.74, 6) is 0.0734. The molecule has 0 unspecified atom stereocenters. The maximum Gasteiger partial charge on any atom is 0.188 e. The second-order valence-electron chi connectivity index (χ2n) is 3.07. The van der Waals surface area contributed by atoms with Gasteiger partial charge in [-0.05, 0) is 18.9 Å². The van der Waals surface area contributed by atoms with Crippen LogP contribution in [0.15, 0.2) is 24.3 Å². The zero-order valence-corrected chi connectivity index (χ0v) is 8.75. The van der Waals surface area contributed by atoms with Crippen LogP contribution in [-0.4, -0.2) is 19.0 Å². The van der Waals surface area contributed by atoms with Crippen LogP contribution in [0.25, 0.3) is 0 Å². The normalized spacial score (nSPS) is 10.1. The Hall–Kier alpha value is -1.15. The van der Waals surface area contributed by atoms with Crippen LogP contribution in [-0.2, 0) is 11.2 Å². The first-order chi connectivity index (χ1) is 6.79. The van der Waals surface area contributed by atoms with Crippen molar-refractivity contribution in [3.63, 3.8) is 0 Å². The summed E-state index contributed by atoms with van der Waals surface area (Å²) in [5, 5.41) is 0. The molecule has 0 bridgehead atoms. The zero-order chi connectivity index (χ0) is 10.4. The van der Waals surface area contributed by atoms with Crippen LogP contribution < -0.4 is 0 Å². The summed E-state index contributed by atoms with van der Waals surface area (Å²) in [5.41, 5.74) is 1.89. The minimum Gasteiger partial charge on any atom is -0.374 e. The van der Waals surface area contributed by atoms with Gasteiger partial charge in [-0.15, -0.1) is 0 Å². The third-order valence-corrected chi connectivity index (χ3v) is 2.14. The Bertz CT molecular complexity index is 305. The number of carbonyl (C=O) groups is 1. The lowest BCUT2D eigenvalue weighted by Gasteiger charge is -2.06. The van der Waals surface area contributed by atoms with E-state index >= 15 is 0 Å². The molecule has 0 spiro atoms. The van der Waals surface area contributed by atoms with Crippen LogP contribution in [0.2, 0.25) is 0 Å². The minimum atomic E-state index is 0.0734. The van der Waals surface area contributed by atoms with Crippen LogP contribution in [0, 0.1) is 0 Å². The van der Waals surface area contributed by atoms with Crippen LogP contribution >= 0.6 is 0 Å². The maximum atomic E-state index is 11.7. The van der Waals surface area contributed by atoms with E-state index in [1.54, 1.807) is 0 Å². The molecule has 2 heteroatoms. The Labute approximate surface area is 84.9 Å². The molecule has 76 valence electrons. The van der Waals surface area contributed by atoms with Crippen LogP contribution in [0.4, 0.5) is 0 Å². The molecule has 0 atom stereocenters. The van der Waals surface area contributed by atoms with E-state index in [9.17, 15) is 4.79 Å². The first-order valence-corrected chi connectivity index (χ1v) is 4.98. The number of benzene rings is 1. The average molecular weight is 192 g/mol.